The molecule has 1 N–H and O–H groups in total. The third kappa shape index (κ3) is 8.67. The lowest BCUT2D eigenvalue weighted by Crippen LogP contribution is -2.36. The van der Waals surface area contributed by atoms with Crippen LogP contribution in [0.4, 0.5) is 13.2 Å². The lowest BCUT2D eigenvalue weighted by Gasteiger charge is -2.23. The van der Waals surface area contributed by atoms with Gasteiger partial charge in [-0.1, -0.05) is 29.8 Å². The molecular formula is C16H22F3NO2. The fraction of sp³-hybridized carbons (Fsp3) is 0.562. The molecule has 1 aromatic rings. The Balaban J connectivity index is 2.46. The molecule has 0 fully saturated rings. The Labute approximate surface area is 128 Å². The Hall–Kier alpha value is -1.56. The third-order valence-corrected chi connectivity index (χ3v) is 3.36. The number of aryl methyl sites for hydroxylation is 1. The molecule has 0 spiro atoms. The standard InChI is InChI=1S/C16H22F3NO2/c1-13-5-7-14(8-6-13)9-11-20(12-16(17,18)19)10-3-2-4-15(21)22/h5-8H,2-4,9-12H2,1H3,(H,21,22). The van der Waals surface area contributed by atoms with E-state index in [-0.39, 0.29) is 13.0 Å². The molecule has 0 aliphatic carbocycles. The highest BCUT2D eigenvalue weighted by molar-refractivity contribution is 5.66. The summed E-state index contributed by atoms with van der Waals surface area (Å²) in [6, 6.07) is 7.73. The number of carboxylic acid groups (broad SMARTS) is 1. The predicted molar refractivity (Wildman–Crippen MR) is 78.9 cm³/mol. The lowest BCUT2D eigenvalue weighted by atomic mass is 10.1. The van der Waals surface area contributed by atoms with Gasteiger partial charge in [0.15, 0.2) is 0 Å². The molecule has 0 heterocycles. The van der Waals surface area contributed by atoms with Crippen LogP contribution in [-0.4, -0.2) is 41.8 Å². The van der Waals surface area contributed by atoms with Crippen LogP contribution in [0.5, 0.6) is 0 Å². The van der Waals surface area contributed by atoms with Crippen molar-refractivity contribution in [3.8, 4) is 0 Å². The van der Waals surface area contributed by atoms with Crippen molar-refractivity contribution < 1.29 is 23.1 Å². The van der Waals surface area contributed by atoms with Crippen molar-refractivity contribution in [1.29, 1.82) is 0 Å². The van der Waals surface area contributed by atoms with Crippen molar-refractivity contribution in [3.63, 3.8) is 0 Å². The number of hydrogen-bond donors (Lipinski definition) is 1. The summed E-state index contributed by atoms with van der Waals surface area (Å²) in [7, 11) is 0. The molecule has 0 aromatic heterocycles. The normalized spacial score (nSPS) is 11.9. The van der Waals surface area contributed by atoms with Crippen LogP contribution < -0.4 is 0 Å². The minimum Gasteiger partial charge on any atom is -0.481 e. The van der Waals surface area contributed by atoms with Crippen LogP contribution in [0.2, 0.25) is 0 Å². The van der Waals surface area contributed by atoms with Gasteiger partial charge in [-0.05, 0) is 38.3 Å². The molecule has 124 valence electrons. The van der Waals surface area contributed by atoms with Gasteiger partial charge in [0.1, 0.15) is 0 Å². The Bertz CT molecular complexity index is 457. The summed E-state index contributed by atoms with van der Waals surface area (Å²) in [5, 5.41) is 8.55. The van der Waals surface area contributed by atoms with Gasteiger partial charge in [-0.2, -0.15) is 13.2 Å². The zero-order chi connectivity index (χ0) is 16.6. The number of rotatable bonds is 9. The molecule has 0 amide bonds. The van der Waals surface area contributed by atoms with Gasteiger partial charge in [-0.25, -0.2) is 0 Å². The molecule has 22 heavy (non-hydrogen) atoms. The Morgan fingerprint density at radius 1 is 1.14 bits per heavy atom. The van der Waals surface area contributed by atoms with Crippen LogP contribution in [-0.2, 0) is 11.2 Å². The van der Waals surface area contributed by atoms with Gasteiger partial charge in [0.2, 0.25) is 0 Å². The maximum Gasteiger partial charge on any atom is 0.401 e. The second-order valence-electron chi connectivity index (χ2n) is 5.48. The summed E-state index contributed by atoms with van der Waals surface area (Å²) >= 11 is 0. The number of carboxylic acids is 1. The van der Waals surface area contributed by atoms with Gasteiger partial charge in [0.05, 0.1) is 6.54 Å². The van der Waals surface area contributed by atoms with Crippen LogP contribution in [0.1, 0.15) is 30.4 Å². The lowest BCUT2D eigenvalue weighted by molar-refractivity contribution is -0.146. The van der Waals surface area contributed by atoms with Crippen LogP contribution in [0.25, 0.3) is 0 Å². The molecule has 0 radical (unpaired) electrons. The fourth-order valence-electron chi connectivity index (χ4n) is 2.18. The van der Waals surface area contributed by atoms with Crippen LogP contribution in [0, 0.1) is 6.92 Å². The first kappa shape index (κ1) is 18.5. The molecule has 1 rings (SSSR count). The first-order valence-electron chi connectivity index (χ1n) is 7.33. The van der Waals surface area contributed by atoms with E-state index < -0.39 is 18.7 Å². The van der Waals surface area contributed by atoms with Crippen molar-refractivity contribution in [3.05, 3.63) is 35.4 Å². The zero-order valence-corrected chi connectivity index (χ0v) is 12.7. The Morgan fingerprint density at radius 3 is 2.32 bits per heavy atom. The van der Waals surface area contributed by atoms with Gasteiger partial charge < -0.3 is 5.11 Å². The van der Waals surface area contributed by atoms with E-state index >= 15 is 0 Å². The number of benzene rings is 1. The number of unbranched alkanes of at least 4 members (excludes halogenated alkanes) is 1. The Kier molecular flexibility index (Phi) is 7.38. The van der Waals surface area contributed by atoms with E-state index in [1.165, 1.54) is 4.90 Å². The summed E-state index contributed by atoms with van der Waals surface area (Å²) in [5.74, 6) is -0.915. The maximum absolute atomic E-state index is 12.6. The quantitative estimate of drug-likeness (QED) is 0.707. The molecule has 0 unspecified atom stereocenters. The first-order chi connectivity index (χ1) is 10.3. The molecule has 6 heteroatoms. The van der Waals surface area contributed by atoms with E-state index in [0.29, 0.717) is 25.8 Å². The van der Waals surface area contributed by atoms with Crippen molar-refractivity contribution in [1.82, 2.24) is 4.90 Å². The average Bonchev–Trinajstić information content (AvgIpc) is 2.40. The minimum absolute atomic E-state index is 0.00216. The molecule has 3 nitrogen and oxygen atoms in total. The van der Waals surface area contributed by atoms with E-state index in [0.717, 1.165) is 11.1 Å². The van der Waals surface area contributed by atoms with Gasteiger partial charge >= 0.3 is 12.1 Å². The molecule has 0 atom stereocenters. The number of halogens is 3. The zero-order valence-electron chi connectivity index (χ0n) is 12.7. The molecule has 0 aliphatic heterocycles. The van der Waals surface area contributed by atoms with E-state index in [2.05, 4.69) is 0 Å². The second-order valence-corrected chi connectivity index (χ2v) is 5.48. The van der Waals surface area contributed by atoms with Crippen LogP contribution in [0.15, 0.2) is 24.3 Å². The van der Waals surface area contributed by atoms with Gasteiger partial charge in [-0.15, -0.1) is 0 Å². The highest BCUT2D eigenvalue weighted by Crippen LogP contribution is 2.17. The summed E-state index contributed by atoms with van der Waals surface area (Å²) in [6.07, 6.45) is -2.84. The number of aliphatic carboxylic acids is 1. The molecule has 0 aliphatic rings. The van der Waals surface area contributed by atoms with E-state index in [4.69, 9.17) is 5.11 Å². The number of alkyl halides is 3. The smallest absolute Gasteiger partial charge is 0.401 e. The average molecular weight is 317 g/mol. The summed E-state index contributed by atoms with van der Waals surface area (Å²) in [4.78, 5) is 11.8. The molecule has 1 aromatic carbocycles. The predicted octanol–water partition coefficient (Wildman–Crippen LogP) is 3.66. The highest BCUT2D eigenvalue weighted by atomic mass is 19.4. The molecular weight excluding hydrogens is 295 g/mol. The Morgan fingerprint density at radius 2 is 1.77 bits per heavy atom. The van der Waals surface area contributed by atoms with Crippen molar-refractivity contribution in [2.24, 2.45) is 0 Å². The van der Waals surface area contributed by atoms with Crippen molar-refractivity contribution >= 4 is 5.97 Å². The maximum atomic E-state index is 12.6. The number of carbonyl (C=O) groups is 1. The van der Waals surface area contributed by atoms with Gasteiger partial charge in [-0.3, -0.25) is 9.69 Å². The summed E-state index contributed by atoms with van der Waals surface area (Å²) in [5.41, 5.74) is 2.12. The van der Waals surface area contributed by atoms with Crippen molar-refractivity contribution in [2.75, 3.05) is 19.6 Å². The van der Waals surface area contributed by atoms with Crippen LogP contribution >= 0.6 is 0 Å². The highest BCUT2D eigenvalue weighted by Gasteiger charge is 2.30. The SMILES string of the molecule is Cc1ccc(CCN(CCCCC(=O)O)CC(F)(F)F)cc1. The second kappa shape index (κ2) is 8.78. The third-order valence-electron chi connectivity index (χ3n) is 3.36. The first-order valence-corrected chi connectivity index (χ1v) is 7.33. The van der Waals surface area contributed by atoms with Gasteiger partial charge in [0, 0.05) is 13.0 Å². The van der Waals surface area contributed by atoms with E-state index in [1.54, 1.807) is 0 Å². The monoisotopic (exact) mass is 317 g/mol. The summed E-state index contributed by atoms with van der Waals surface area (Å²) in [6.45, 7) is 1.59. The largest absolute Gasteiger partial charge is 0.481 e. The minimum atomic E-state index is -4.24. The molecule has 0 saturated carbocycles. The van der Waals surface area contributed by atoms with E-state index in [1.807, 2.05) is 31.2 Å². The number of nitrogens with zero attached hydrogens (tertiary/aromatic N) is 1. The summed E-state index contributed by atoms with van der Waals surface area (Å²) < 4.78 is 37.8. The van der Waals surface area contributed by atoms with Crippen LogP contribution in [0.3, 0.4) is 0 Å². The molecule has 0 bridgehead atoms. The van der Waals surface area contributed by atoms with Gasteiger partial charge in [0.25, 0.3) is 0 Å². The topological polar surface area (TPSA) is 40.5 Å². The fourth-order valence-corrected chi connectivity index (χ4v) is 2.18. The van der Waals surface area contributed by atoms with E-state index in [9.17, 15) is 18.0 Å². The van der Waals surface area contributed by atoms with Crippen molar-refractivity contribution in [2.45, 2.75) is 38.8 Å². The molecule has 0 saturated heterocycles. The number of hydrogen-bond acceptors (Lipinski definition) is 2.